The van der Waals surface area contributed by atoms with Gasteiger partial charge in [-0.1, -0.05) is 0 Å². The summed E-state index contributed by atoms with van der Waals surface area (Å²) in [5.41, 5.74) is 2.00. The molecule has 2 aliphatic rings. The van der Waals surface area contributed by atoms with Crippen molar-refractivity contribution < 1.29 is 24.5 Å². The Morgan fingerprint density at radius 2 is 2.12 bits per heavy atom. The number of fused-ring (bicyclic) bond motifs is 4. The molecule has 4 N–H and O–H groups in total. The number of pyridine rings is 2. The van der Waals surface area contributed by atoms with E-state index in [4.69, 9.17) is 9.84 Å². The number of carbonyl (C=O) groups excluding carboxylic acids is 2. The van der Waals surface area contributed by atoms with Crippen LogP contribution in [0.15, 0.2) is 24.4 Å². The Morgan fingerprint density at radius 3 is 2.85 bits per heavy atom. The normalized spacial score (nSPS) is 17.4. The summed E-state index contributed by atoms with van der Waals surface area (Å²) in [6, 6.07) is 4.37. The number of aliphatic hydroxyl groups excluding tert-OH is 2. The SMILES string of the molecule is Cc1cc(C(=O)NC(C)C)nc2c1N1CC[C@@H](C1)N2C(=O)Nc1cc(OC[C@H](O)CO)ccn1. The van der Waals surface area contributed by atoms with Crippen LogP contribution in [0.4, 0.5) is 22.1 Å². The number of hydrogen-bond acceptors (Lipinski definition) is 8. The van der Waals surface area contributed by atoms with Gasteiger partial charge in [0.1, 0.15) is 30.0 Å². The topological polar surface area (TPSA) is 140 Å². The van der Waals surface area contributed by atoms with E-state index in [0.29, 0.717) is 18.1 Å². The number of aryl methyl sites for hydroxylation is 1. The minimum atomic E-state index is -1.00. The van der Waals surface area contributed by atoms with Gasteiger partial charge in [-0.3, -0.25) is 15.0 Å². The van der Waals surface area contributed by atoms with Gasteiger partial charge >= 0.3 is 6.03 Å². The number of ether oxygens (including phenoxy) is 1. The summed E-state index contributed by atoms with van der Waals surface area (Å²) >= 11 is 0. The highest BCUT2D eigenvalue weighted by Crippen LogP contribution is 2.41. The number of anilines is 3. The molecule has 4 rings (SSSR count). The first-order valence-electron chi connectivity index (χ1n) is 11.3. The van der Waals surface area contributed by atoms with Gasteiger partial charge in [-0.2, -0.15) is 0 Å². The van der Waals surface area contributed by atoms with Gasteiger partial charge in [0.05, 0.1) is 18.3 Å². The second kappa shape index (κ2) is 9.82. The Kier molecular flexibility index (Phi) is 6.85. The zero-order chi connectivity index (χ0) is 24.4. The second-order valence-corrected chi connectivity index (χ2v) is 8.84. The third kappa shape index (κ3) is 4.90. The summed E-state index contributed by atoms with van der Waals surface area (Å²) < 4.78 is 5.44. The molecule has 1 fully saturated rings. The van der Waals surface area contributed by atoms with Crippen LogP contribution in [-0.4, -0.2) is 76.6 Å². The van der Waals surface area contributed by atoms with Crippen molar-refractivity contribution in [2.75, 3.05) is 41.4 Å². The number of aromatic nitrogens is 2. The van der Waals surface area contributed by atoms with Crippen molar-refractivity contribution in [2.45, 2.75) is 45.4 Å². The number of amides is 3. The third-order valence-electron chi connectivity index (χ3n) is 5.73. The van der Waals surface area contributed by atoms with Crippen molar-refractivity contribution in [3.63, 3.8) is 0 Å². The molecule has 11 heteroatoms. The van der Waals surface area contributed by atoms with Gasteiger partial charge in [-0.05, 0) is 44.9 Å². The second-order valence-electron chi connectivity index (χ2n) is 8.84. The predicted molar refractivity (Wildman–Crippen MR) is 127 cm³/mol. The smallest absolute Gasteiger partial charge is 0.329 e. The first-order valence-corrected chi connectivity index (χ1v) is 11.3. The minimum Gasteiger partial charge on any atom is -0.491 e. The maximum absolute atomic E-state index is 13.4. The van der Waals surface area contributed by atoms with Gasteiger partial charge in [-0.25, -0.2) is 14.8 Å². The molecule has 3 amide bonds. The zero-order valence-corrected chi connectivity index (χ0v) is 19.5. The summed E-state index contributed by atoms with van der Waals surface area (Å²) in [6.45, 7) is 6.67. The molecule has 0 radical (unpaired) electrons. The lowest BCUT2D eigenvalue weighted by molar-refractivity contribution is 0.0536. The monoisotopic (exact) mass is 470 g/mol. The molecule has 11 nitrogen and oxygen atoms in total. The van der Waals surface area contributed by atoms with E-state index >= 15 is 0 Å². The van der Waals surface area contributed by atoms with Crippen molar-refractivity contribution in [3.05, 3.63) is 35.7 Å². The van der Waals surface area contributed by atoms with Gasteiger partial charge in [0.2, 0.25) is 0 Å². The number of nitrogens with one attached hydrogen (secondary N) is 2. The molecule has 0 aromatic carbocycles. The standard InChI is InChI=1S/C23H30N6O5/c1-13(2)25-22(32)18-8-14(3)20-21(26-18)29(15-5-7-28(20)10-15)23(33)27-19-9-17(4-6-24-19)34-12-16(31)11-30/h4,6,8-9,13,15-16,30-31H,5,7,10-12H2,1-3H3,(H,25,32)(H,24,27,33)/t15-,16+/m0/s1. The Hall–Kier alpha value is -3.44. The van der Waals surface area contributed by atoms with Crippen LogP contribution in [-0.2, 0) is 0 Å². The molecule has 2 atom stereocenters. The first kappa shape index (κ1) is 23.7. The molecule has 2 aliphatic heterocycles. The van der Waals surface area contributed by atoms with Crippen LogP contribution in [0.3, 0.4) is 0 Å². The van der Waals surface area contributed by atoms with E-state index in [-0.39, 0.29) is 36.1 Å². The zero-order valence-electron chi connectivity index (χ0n) is 19.5. The fourth-order valence-corrected chi connectivity index (χ4v) is 4.24. The van der Waals surface area contributed by atoms with E-state index in [2.05, 4.69) is 25.5 Å². The summed E-state index contributed by atoms with van der Waals surface area (Å²) in [5, 5.41) is 24.1. The summed E-state index contributed by atoms with van der Waals surface area (Å²) in [5.74, 6) is 0.836. The molecule has 0 aliphatic carbocycles. The average Bonchev–Trinajstić information content (AvgIpc) is 3.20. The minimum absolute atomic E-state index is 0.0379. The van der Waals surface area contributed by atoms with Crippen LogP contribution in [0, 0.1) is 6.92 Å². The number of nitrogens with zero attached hydrogens (tertiary/aromatic N) is 4. The quantitative estimate of drug-likeness (QED) is 0.475. The van der Waals surface area contributed by atoms with Crippen LogP contribution in [0.5, 0.6) is 5.75 Å². The maximum Gasteiger partial charge on any atom is 0.329 e. The number of rotatable bonds is 7. The highest BCUT2D eigenvalue weighted by Gasteiger charge is 2.41. The fourth-order valence-electron chi connectivity index (χ4n) is 4.24. The van der Waals surface area contributed by atoms with Gasteiger partial charge in [0, 0.05) is 31.4 Å². The highest BCUT2D eigenvalue weighted by molar-refractivity contribution is 6.05. The van der Waals surface area contributed by atoms with E-state index in [0.717, 1.165) is 24.2 Å². The number of hydrogen-bond donors (Lipinski definition) is 4. The highest BCUT2D eigenvalue weighted by atomic mass is 16.5. The Morgan fingerprint density at radius 1 is 1.32 bits per heavy atom. The van der Waals surface area contributed by atoms with Gasteiger partial charge in [0.25, 0.3) is 5.91 Å². The molecular formula is C23H30N6O5. The lowest BCUT2D eigenvalue weighted by Gasteiger charge is -2.36. The van der Waals surface area contributed by atoms with Crippen LogP contribution in [0.1, 0.15) is 36.3 Å². The lowest BCUT2D eigenvalue weighted by Crippen LogP contribution is -2.49. The maximum atomic E-state index is 13.4. The van der Waals surface area contributed by atoms with Crippen LogP contribution < -0.4 is 25.2 Å². The Balaban J connectivity index is 1.60. The molecule has 2 aromatic rings. The molecule has 0 unspecified atom stereocenters. The predicted octanol–water partition coefficient (Wildman–Crippen LogP) is 1.29. The first-order chi connectivity index (χ1) is 16.3. The van der Waals surface area contributed by atoms with Gasteiger partial charge < -0.3 is 25.2 Å². The molecule has 4 heterocycles. The molecule has 182 valence electrons. The Labute approximate surface area is 197 Å². The van der Waals surface area contributed by atoms with Gasteiger partial charge in [0.15, 0.2) is 5.82 Å². The van der Waals surface area contributed by atoms with Crippen molar-refractivity contribution in [3.8, 4) is 5.75 Å². The third-order valence-corrected chi connectivity index (χ3v) is 5.73. The van der Waals surface area contributed by atoms with Crippen LogP contribution in [0.25, 0.3) is 0 Å². The van der Waals surface area contributed by atoms with Crippen molar-refractivity contribution >= 4 is 29.3 Å². The molecule has 34 heavy (non-hydrogen) atoms. The van der Waals surface area contributed by atoms with Crippen LogP contribution >= 0.6 is 0 Å². The van der Waals surface area contributed by atoms with E-state index in [1.54, 1.807) is 23.1 Å². The van der Waals surface area contributed by atoms with Crippen molar-refractivity contribution in [1.82, 2.24) is 15.3 Å². The lowest BCUT2D eigenvalue weighted by atomic mass is 10.1. The number of urea groups is 1. The molecule has 2 aromatic heterocycles. The van der Waals surface area contributed by atoms with Crippen molar-refractivity contribution in [2.24, 2.45) is 0 Å². The van der Waals surface area contributed by atoms with Crippen molar-refractivity contribution in [1.29, 1.82) is 0 Å². The summed E-state index contributed by atoms with van der Waals surface area (Å²) in [6.07, 6.45) is 1.26. The molecule has 0 spiro atoms. The average molecular weight is 471 g/mol. The molecule has 0 saturated carbocycles. The summed E-state index contributed by atoms with van der Waals surface area (Å²) in [4.78, 5) is 38.7. The molecule has 2 bridgehead atoms. The van der Waals surface area contributed by atoms with E-state index in [1.807, 2.05) is 20.8 Å². The largest absolute Gasteiger partial charge is 0.491 e. The molecular weight excluding hydrogens is 440 g/mol. The van der Waals surface area contributed by atoms with Crippen LogP contribution in [0.2, 0.25) is 0 Å². The fraction of sp³-hybridized carbons (Fsp3) is 0.478. The van der Waals surface area contributed by atoms with E-state index in [9.17, 15) is 14.7 Å². The van der Waals surface area contributed by atoms with E-state index in [1.165, 1.54) is 6.20 Å². The number of carbonyl (C=O) groups is 2. The molecule has 1 saturated heterocycles. The Bertz CT molecular complexity index is 1080. The summed E-state index contributed by atoms with van der Waals surface area (Å²) in [7, 11) is 0. The van der Waals surface area contributed by atoms with Gasteiger partial charge in [-0.15, -0.1) is 0 Å². The van der Waals surface area contributed by atoms with E-state index < -0.39 is 18.7 Å². The number of aliphatic hydroxyl groups is 2.